The molecule has 0 atom stereocenters. The van der Waals surface area contributed by atoms with Crippen LogP contribution in [0.3, 0.4) is 0 Å². The molecule has 0 radical (unpaired) electrons. The van der Waals surface area contributed by atoms with Crippen molar-refractivity contribution in [3.63, 3.8) is 0 Å². The van der Waals surface area contributed by atoms with Crippen LogP contribution in [0.2, 0.25) is 0 Å². The molecule has 1 aliphatic rings. The van der Waals surface area contributed by atoms with Crippen molar-refractivity contribution in [1.82, 2.24) is 4.90 Å². The third-order valence-corrected chi connectivity index (χ3v) is 6.91. The number of nitrogens with zero attached hydrogens (tertiary/aromatic N) is 2. The summed E-state index contributed by atoms with van der Waals surface area (Å²) in [5.74, 6) is 0.714. The average Bonchev–Trinajstić information content (AvgIpc) is 3.19. The molecule has 0 aliphatic carbocycles. The number of benzene rings is 4. The Labute approximate surface area is 210 Å². The van der Waals surface area contributed by atoms with Crippen LogP contribution in [-0.2, 0) is 11.4 Å². The van der Waals surface area contributed by atoms with E-state index in [4.69, 9.17) is 9.73 Å². The van der Waals surface area contributed by atoms with E-state index in [1.807, 2.05) is 92.7 Å². The standard InChI is InChI=1S/C30H26N2O2S/c1-3-32-29(33)28(35-30(32)31-24-16-13-21(2)14-17-24)19-26-25-12-8-7-11-23(25)15-18-27(26)34-20-22-9-5-4-6-10-22/h4-19H,3,20H2,1-2H3/b28-19+,31-30?. The fraction of sp³-hybridized carbons (Fsp3) is 0.133. The van der Waals surface area contributed by atoms with Gasteiger partial charge in [0, 0.05) is 12.1 Å². The van der Waals surface area contributed by atoms with Crippen LogP contribution in [0.1, 0.15) is 23.6 Å². The fourth-order valence-electron chi connectivity index (χ4n) is 4.02. The second-order valence-electron chi connectivity index (χ2n) is 8.36. The largest absolute Gasteiger partial charge is 0.488 e. The first-order valence-electron chi connectivity index (χ1n) is 11.7. The maximum atomic E-state index is 13.3. The van der Waals surface area contributed by atoms with Gasteiger partial charge < -0.3 is 4.74 Å². The zero-order chi connectivity index (χ0) is 24.2. The molecule has 0 unspecified atom stereocenters. The SMILES string of the molecule is CCN1C(=O)/C(=C\c2c(OCc3ccccc3)ccc3ccccc23)SC1=Nc1ccc(C)cc1. The van der Waals surface area contributed by atoms with Crippen molar-refractivity contribution in [3.8, 4) is 5.75 Å². The second-order valence-corrected chi connectivity index (χ2v) is 9.37. The van der Waals surface area contributed by atoms with Crippen molar-refractivity contribution >= 4 is 45.4 Å². The van der Waals surface area contributed by atoms with Crippen molar-refractivity contribution in [2.24, 2.45) is 4.99 Å². The summed E-state index contributed by atoms with van der Waals surface area (Å²) in [5.41, 5.74) is 4.01. The summed E-state index contributed by atoms with van der Waals surface area (Å²) in [7, 11) is 0. The highest BCUT2D eigenvalue weighted by atomic mass is 32.2. The molecule has 1 fully saturated rings. The minimum atomic E-state index is -0.0368. The summed E-state index contributed by atoms with van der Waals surface area (Å²) < 4.78 is 6.25. The monoisotopic (exact) mass is 478 g/mol. The summed E-state index contributed by atoms with van der Waals surface area (Å²) in [6, 6.07) is 30.3. The third-order valence-electron chi connectivity index (χ3n) is 5.91. The van der Waals surface area contributed by atoms with E-state index in [-0.39, 0.29) is 5.91 Å². The van der Waals surface area contributed by atoms with E-state index in [1.54, 1.807) is 4.90 Å². The van der Waals surface area contributed by atoms with Crippen molar-refractivity contribution < 1.29 is 9.53 Å². The number of aliphatic imine (C=N–C) groups is 1. The van der Waals surface area contributed by atoms with Gasteiger partial charge in [0.25, 0.3) is 5.91 Å². The average molecular weight is 479 g/mol. The van der Waals surface area contributed by atoms with Gasteiger partial charge in [-0.05, 0) is 66.2 Å². The van der Waals surface area contributed by atoms with Crippen LogP contribution in [0, 0.1) is 6.92 Å². The number of amidine groups is 1. The molecule has 35 heavy (non-hydrogen) atoms. The number of hydrogen-bond acceptors (Lipinski definition) is 4. The lowest BCUT2D eigenvalue weighted by Gasteiger charge is -2.13. The highest BCUT2D eigenvalue weighted by molar-refractivity contribution is 8.18. The Morgan fingerprint density at radius 2 is 1.66 bits per heavy atom. The summed E-state index contributed by atoms with van der Waals surface area (Å²) >= 11 is 1.41. The Balaban J connectivity index is 1.53. The summed E-state index contributed by atoms with van der Waals surface area (Å²) in [5, 5.41) is 2.84. The molecule has 1 amide bonds. The molecular weight excluding hydrogens is 452 g/mol. The van der Waals surface area contributed by atoms with Gasteiger partial charge in [0.05, 0.1) is 10.6 Å². The zero-order valence-corrected chi connectivity index (χ0v) is 20.6. The van der Waals surface area contributed by atoms with E-state index in [0.717, 1.165) is 33.3 Å². The van der Waals surface area contributed by atoms with E-state index >= 15 is 0 Å². The van der Waals surface area contributed by atoms with Gasteiger partial charge in [-0.1, -0.05) is 78.4 Å². The molecule has 1 heterocycles. The Bertz CT molecular complexity index is 1430. The number of aryl methyl sites for hydroxylation is 1. The molecular formula is C30H26N2O2S. The topological polar surface area (TPSA) is 41.9 Å². The van der Waals surface area contributed by atoms with Gasteiger partial charge in [-0.3, -0.25) is 9.69 Å². The van der Waals surface area contributed by atoms with Gasteiger partial charge in [0.1, 0.15) is 12.4 Å². The molecule has 1 saturated heterocycles. The number of amides is 1. The first-order valence-corrected chi connectivity index (χ1v) is 12.5. The number of rotatable bonds is 6. The molecule has 4 aromatic carbocycles. The number of fused-ring (bicyclic) bond motifs is 1. The lowest BCUT2D eigenvalue weighted by molar-refractivity contribution is -0.122. The first-order chi connectivity index (χ1) is 17.1. The predicted octanol–water partition coefficient (Wildman–Crippen LogP) is 7.35. The lowest BCUT2D eigenvalue weighted by Crippen LogP contribution is -2.28. The highest BCUT2D eigenvalue weighted by Crippen LogP contribution is 2.38. The van der Waals surface area contributed by atoms with Crippen LogP contribution in [0.25, 0.3) is 16.8 Å². The number of carbonyl (C=O) groups is 1. The Morgan fingerprint density at radius 1 is 0.914 bits per heavy atom. The van der Waals surface area contributed by atoms with Crippen LogP contribution >= 0.6 is 11.8 Å². The van der Waals surface area contributed by atoms with Crippen LogP contribution in [0.15, 0.2) is 101 Å². The van der Waals surface area contributed by atoms with Gasteiger partial charge in [0.2, 0.25) is 0 Å². The number of hydrogen-bond donors (Lipinski definition) is 0. The van der Waals surface area contributed by atoms with E-state index in [0.29, 0.717) is 23.2 Å². The molecule has 4 nitrogen and oxygen atoms in total. The van der Waals surface area contributed by atoms with E-state index in [2.05, 4.69) is 18.2 Å². The Morgan fingerprint density at radius 3 is 2.43 bits per heavy atom. The van der Waals surface area contributed by atoms with Crippen molar-refractivity contribution in [2.45, 2.75) is 20.5 Å². The molecule has 0 N–H and O–H groups in total. The summed E-state index contributed by atoms with van der Waals surface area (Å²) in [4.78, 5) is 20.5. The predicted molar refractivity (Wildman–Crippen MR) is 146 cm³/mol. The normalized spacial score (nSPS) is 15.9. The summed E-state index contributed by atoms with van der Waals surface area (Å²) in [6.07, 6.45) is 1.95. The molecule has 5 heteroatoms. The zero-order valence-electron chi connectivity index (χ0n) is 19.8. The Kier molecular flexibility index (Phi) is 6.68. The summed E-state index contributed by atoms with van der Waals surface area (Å²) in [6.45, 7) is 5.03. The molecule has 1 aliphatic heterocycles. The van der Waals surface area contributed by atoms with Crippen molar-refractivity contribution in [1.29, 1.82) is 0 Å². The molecule has 0 saturated carbocycles. The van der Waals surface area contributed by atoms with Gasteiger partial charge in [-0.2, -0.15) is 0 Å². The van der Waals surface area contributed by atoms with Crippen LogP contribution in [-0.4, -0.2) is 22.5 Å². The maximum absolute atomic E-state index is 13.3. The van der Waals surface area contributed by atoms with E-state index in [1.165, 1.54) is 17.3 Å². The molecule has 0 spiro atoms. The molecule has 0 bridgehead atoms. The van der Waals surface area contributed by atoms with Crippen LogP contribution in [0.5, 0.6) is 5.75 Å². The third kappa shape index (κ3) is 5.00. The number of thioether (sulfide) groups is 1. The molecule has 4 aromatic rings. The Hall–Kier alpha value is -3.83. The second kappa shape index (κ2) is 10.2. The maximum Gasteiger partial charge on any atom is 0.266 e. The van der Waals surface area contributed by atoms with Crippen LogP contribution < -0.4 is 4.74 Å². The molecule has 5 rings (SSSR count). The quantitative estimate of drug-likeness (QED) is 0.272. The van der Waals surface area contributed by atoms with Crippen molar-refractivity contribution in [3.05, 3.63) is 113 Å². The minimum absolute atomic E-state index is 0.0368. The fourth-order valence-corrected chi connectivity index (χ4v) is 5.06. The lowest BCUT2D eigenvalue weighted by atomic mass is 10.0. The van der Waals surface area contributed by atoms with Crippen molar-refractivity contribution in [2.75, 3.05) is 6.54 Å². The molecule has 0 aromatic heterocycles. The number of ether oxygens (including phenoxy) is 1. The molecule has 174 valence electrons. The first kappa shape index (κ1) is 22.9. The number of carbonyl (C=O) groups excluding carboxylic acids is 1. The highest BCUT2D eigenvalue weighted by Gasteiger charge is 2.32. The number of likely N-dealkylation sites (N-methyl/N-ethyl adjacent to an activating group) is 1. The minimum Gasteiger partial charge on any atom is -0.488 e. The van der Waals surface area contributed by atoms with Gasteiger partial charge in [-0.25, -0.2) is 4.99 Å². The van der Waals surface area contributed by atoms with E-state index < -0.39 is 0 Å². The van der Waals surface area contributed by atoms with Crippen LogP contribution in [0.4, 0.5) is 5.69 Å². The van der Waals surface area contributed by atoms with Gasteiger partial charge >= 0.3 is 0 Å². The van der Waals surface area contributed by atoms with E-state index in [9.17, 15) is 4.79 Å². The van der Waals surface area contributed by atoms with Gasteiger partial charge in [-0.15, -0.1) is 0 Å². The smallest absolute Gasteiger partial charge is 0.266 e. The van der Waals surface area contributed by atoms with Gasteiger partial charge in [0.15, 0.2) is 5.17 Å².